The number of aromatic nitrogens is 1. The Morgan fingerprint density at radius 3 is 2.79 bits per heavy atom. The molecule has 0 aliphatic rings. The van der Waals surface area contributed by atoms with Crippen molar-refractivity contribution in [3.8, 4) is 5.88 Å². The summed E-state index contributed by atoms with van der Waals surface area (Å²) in [7, 11) is 0. The van der Waals surface area contributed by atoms with Gasteiger partial charge in [0.25, 0.3) is 0 Å². The third-order valence-electron chi connectivity index (χ3n) is 3.14. The van der Waals surface area contributed by atoms with Crippen molar-refractivity contribution in [2.24, 2.45) is 5.92 Å². The van der Waals surface area contributed by atoms with Gasteiger partial charge in [-0.15, -0.1) is 0 Å². The molecule has 0 saturated heterocycles. The van der Waals surface area contributed by atoms with Crippen molar-refractivity contribution in [2.45, 2.75) is 53.0 Å². The van der Waals surface area contributed by atoms with Crippen molar-refractivity contribution in [3.05, 3.63) is 23.9 Å². The van der Waals surface area contributed by atoms with Crippen LogP contribution in [0.2, 0.25) is 0 Å². The van der Waals surface area contributed by atoms with Crippen LogP contribution in [0.25, 0.3) is 0 Å². The van der Waals surface area contributed by atoms with E-state index in [9.17, 15) is 0 Å². The van der Waals surface area contributed by atoms with Crippen LogP contribution in [-0.2, 0) is 0 Å². The maximum atomic E-state index is 5.71. The van der Waals surface area contributed by atoms with Gasteiger partial charge in [-0.2, -0.15) is 0 Å². The van der Waals surface area contributed by atoms with Crippen LogP contribution in [0.4, 0.5) is 0 Å². The molecule has 0 fully saturated rings. The summed E-state index contributed by atoms with van der Waals surface area (Å²) in [5, 5.41) is 3.47. The molecule has 1 atom stereocenters. The van der Waals surface area contributed by atoms with Crippen LogP contribution < -0.4 is 10.1 Å². The Morgan fingerprint density at radius 1 is 1.32 bits per heavy atom. The number of nitrogens with zero attached hydrogens (tertiary/aromatic N) is 1. The van der Waals surface area contributed by atoms with E-state index in [-0.39, 0.29) is 0 Å². The quantitative estimate of drug-likeness (QED) is 0.686. The number of pyridine rings is 1. The lowest BCUT2D eigenvalue weighted by Gasteiger charge is -2.14. The molecule has 108 valence electrons. The van der Waals surface area contributed by atoms with Gasteiger partial charge in [0, 0.05) is 18.3 Å². The minimum Gasteiger partial charge on any atom is -0.478 e. The maximum absolute atomic E-state index is 5.71. The molecule has 0 amide bonds. The summed E-state index contributed by atoms with van der Waals surface area (Å²) in [6, 6.07) is 4.44. The van der Waals surface area contributed by atoms with Crippen molar-refractivity contribution < 1.29 is 4.74 Å². The lowest BCUT2D eigenvalue weighted by atomic mass is 10.1. The second-order valence-corrected chi connectivity index (χ2v) is 5.49. The number of nitrogens with one attached hydrogen (secondary N) is 1. The predicted octanol–water partition coefficient (Wildman–Crippen LogP) is 3.96. The molecule has 1 rings (SSSR count). The standard InChI is InChI=1S/C16H28N2O/c1-5-9-17-14(4)15-8-10-18-16(12-15)19-11-6-7-13(2)3/h8,10,12-14,17H,5-7,9,11H2,1-4H3. The molecule has 19 heavy (non-hydrogen) atoms. The van der Waals surface area contributed by atoms with Gasteiger partial charge in [-0.3, -0.25) is 0 Å². The summed E-state index contributed by atoms with van der Waals surface area (Å²) in [6.07, 6.45) is 5.27. The Hall–Kier alpha value is -1.09. The molecular formula is C16H28N2O. The minimum absolute atomic E-state index is 0.348. The highest BCUT2D eigenvalue weighted by Crippen LogP contribution is 2.17. The molecule has 3 nitrogen and oxygen atoms in total. The van der Waals surface area contributed by atoms with E-state index >= 15 is 0 Å². The van der Waals surface area contributed by atoms with E-state index in [1.807, 2.05) is 18.3 Å². The summed E-state index contributed by atoms with van der Waals surface area (Å²) in [4.78, 5) is 4.27. The van der Waals surface area contributed by atoms with Crippen LogP contribution in [0.1, 0.15) is 58.6 Å². The van der Waals surface area contributed by atoms with Gasteiger partial charge in [0.1, 0.15) is 0 Å². The molecular weight excluding hydrogens is 236 g/mol. The van der Waals surface area contributed by atoms with E-state index < -0.39 is 0 Å². The van der Waals surface area contributed by atoms with Gasteiger partial charge in [0.05, 0.1) is 6.61 Å². The Labute approximate surface area is 117 Å². The molecule has 0 aromatic carbocycles. The Balaban J connectivity index is 2.43. The zero-order valence-corrected chi connectivity index (χ0v) is 12.8. The van der Waals surface area contributed by atoms with Gasteiger partial charge in [-0.05, 0) is 50.3 Å². The third-order valence-corrected chi connectivity index (χ3v) is 3.14. The van der Waals surface area contributed by atoms with Crippen molar-refractivity contribution in [2.75, 3.05) is 13.2 Å². The van der Waals surface area contributed by atoms with Crippen LogP contribution in [-0.4, -0.2) is 18.1 Å². The highest BCUT2D eigenvalue weighted by atomic mass is 16.5. The normalized spacial score (nSPS) is 12.7. The zero-order valence-electron chi connectivity index (χ0n) is 12.8. The van der Waals surface area contributed by atoms with Gasteiger partial charge in [-0.1, -0.05) is 20.8 Å². The fourth-order valence-corrected chi connectivity index (χ4v) is 1.92. The van der Waals surface area contributed by atoms with E-state index in [0.717, 1.165) is 37.8 Å². The molecule has 0 aliphatic heterocycles. The zero-order chi connectivity index (χ0) is 14.1. The summed E-state index contributed by atoms with van der Waals surface area (Å²) in [6.45, 7) is 10.6. The molecule has 0 aliphatic carbocycles. The Bertz CT molecular complexity index is 352. The summed E-state index contributed by atoms with van der Waals surface area (Å²) in [5.41, 5.74) is 1.24. The highest BCUT2D eigenvalue weighted by molar-refractivity contribution is 5.23. The second-order valence-electron chi connectivity index (χ2n) is 5.49. The monoisotopic (exact) mass is 264 g/mol. The third kappa shape index (κ3) is 6.58. The maximum Gasteiger partial charge on any atom is 0.213 e. The number of hydrogen-bond donors (Lipinski definition) is 1. The van der Waals surface area contributed by atoms with Crippen LogP contribution in [0, 0.1) is 5.92 Å². The molecule has 3 heteroatoms. The van der Waals surface area contributed by atoms with E-state index in [0.29, 0.717) is 6.04 Å². The second kappa shape index (κ2) is 8.92. The Kier molecular flexibility index (Phi) is 7.49. The molecule has 0 bridgehead atoms. The average Bonchev–Trinajstić information content (AvgIpc) is 2.41. The first kappa shape index (κ1) is 16.0. The summed E-state index contributed by atoms with van der Waals surface area (Å²) < 4.78 is 5.71. The Morgan fingerprint density at radius 2 is 2.11 bits per heavy atom. The predicted molar refractivity (Wildman–Crippen MR) is 80.5 cm³/mol. The van der Waals surface area contributed by atoms with Crippen LogP contribution in [0.3, 0.4) is 0 Å². The van der Waals surface area contributed by atoms with Crippen LogP contribution >= 0.6 is 0 Å². The lowest BCUT2D eigenvalue weighted by molar-refractivity contribution is 0.286. The van der Waals surface area contributed by atoms with Crippen molar-refractivity contribution in [1.82, 2.24) is 10.3 Å². The summed E-state index contributed by atoms with van der Waals surface area (Å²) >= 11 is 0. The molecule has 0 radical (unpaired) electrons. The number of hydrogen-bond acceptors (Lipinski definition) is 3. The lowest BCUT2D eigenvalue weighted by Crippen LogP contribution is -2.19. The van der Waals surface area contributed by atoms with Gasteiger partial charge >= 0.3 is 0 Å². The van der Waals surface area contributed by atoms with E-state index in [1.165, 1.54) is 12.0 Å². The summed E-state index contributed by atoms with van der Waals surface area (Å²) in [5.74, 6) is 1.48. The SMILES string of the molecule is CCCNC(C)c1ccnc(OCCCC(C)C)c1. The van der Waals surface area contributed by atoms with Gasteiger partial charge < -0.3 is 10.1 Å². The molecule has 0 spiro atoms. The number of ether oxygens (including phenoxy) is 1. The van der Waals surface area contributed by atoms with E-state index in [1.54, 1.807) is 0 Å². The fraction of sp³-hybridized carbons (Fsp3) is 0.688. The molecule has 1 aromatic rings. The largest absolute Gasteiger partial charge is 0.478 e. The molecule has 0 saturated carbocycles. The number of rotatable bonds is 9. The van der Waals surface area contributed by atoms with Gasteiger partial charge in [0.15, 0.2) is 0 Å². The first-order chi connectivity index (χ1) is 9.13. The fourth-order valence-electron chi connectivity index (χ4n) is 1.92. The van der Waals surface area contributed by atoms with Gasteiger partial charge in [-0.25, -0.2) is 4.98 Å². The molecule has 1 aromatic heterocycles. The topological polar surface area (TPSA) is 34.2 Å². The van der Waals surface area contributed by atoms with E-state index in [4.69, 9.17) is 4.74 Å². The smallest absolute Gasteiger partial charge is 0.213 e. The van der Waals surface area contributed by atoms with Crippen LogP contribution in [0.5, 0.6) is 5.88 Å². The van der Waals surface area contributed by atoms with E-state index in [2.05, 4.69) is 38.0 Å². The average molecular weight is 264 g/mol. The minimum atomic E-state index is 0.348. The van der Waals surface area contributed by atoms with Crippen LogP contribution in [0.15, 0.2) is 18.3 Å². The molecule has 1 heterocycles. The molecule has 1 N–H and O–H groups in total. The highest BCUT2D eigenvalue weighted by Gasteiger charge is 2.06. The van der Waals surface area contributed by atoms with Crippen molar-refractivity contribution in [1.29, 1.82) is 0 Å². The van der Waals surface area contributed by atoms with Crippen molar-refractivity contribution in [3.63, 3.8) is 0 Å². The molecule has 1 unspecified atom stereocenters. The van der Waals surface area contributed by atoms with Gasteiger partial charge in [0.2, 0.25) is 5.88 Å². The van der Waals surface area contributed by atoms with Crippen molar-refractivity contribution >= 4 is 0 Å². The first-order valence-electron chi connectivity index (χ1n) is 7.45. The first-order valence-corrected chi connectivity index (χ1v) is 7.45.